The predicted molar refractivity (Wildman–Crippen MR) is 118 cm³/mol. The molecule has 2 aliphatic rings. The monoisotopic (exact) mass is 447 g/mol. The van der Waals surface area contributed by atoms with Gasteiger partial charge >= 0.3 is 12.0 Å². The second-order valence-electron chi connectivity index (χ2n) is 7.07. The van der Waals surface area contributed by atoms with Gasteiger partial charge in [0.25, 0.3) is 0 Å². The molecule has 29 heavy (non-hydrogen) atoms. The molecule has 8 nitrogen and oxygen atoms in total. The number of carboxylic acid groups (broad SMARTS) is 1. The Labute approximate surface area is 184 Å². The minimum atomic E-state index is -0.927. The van der Waals surface area contributed by atoms with Crippen molar-refractivity contribution < 1.29 is 14.7 Å². The van der Waals surface area contributed by atoms with Crippen LogP contribution in [0.15, 0.2) is 30.3 Å². The fourth-order valence-corrected chi connectivity index (χ4v) is 3.78. The van der Waals surface area contributed by atoms with E-state index in [0.29, 0.717) is 19.1 Å². The summed E-state index contributed by atoms with van der Waals surface area (Å²) in [6.07, 6.45) is 2.35. The van der Waals surface area contributed by atoms with Crippen LogP contribution in [0.4, 0.5) is 10.5 Å². The summed E-state index contributed by atoms with van der Waals surface area (Å²) in [5.41, 5.74) is 0.774. The third-order valence-electron chi connectivity index (χ3n) is 5.30. The molecule has 2 saturated heterocycles. The smallest absolute Gasteiger partial charge is 0.323 e. The summed E-state index contributed by atoms with van der Waals surface area (Å²) in [4.78, 5) is 29.6. The van der Waals surface area contributed by atoms with Crippen LogP contribution in [0.25, 0.3) is 0 Å². The summed E-state index contributed by atoms with van der Waals surface area (Å²) in [5, 5.41) is 15.4. The first-order valence-electron chi connectivity index (χ1n) is 9.63. The molecule has 10 heteroatoms. The van der Waals surface area contributed by atoms with Gasteiger partial charge in [-0.2, -0.15) is 0 Å². The average molecular weight is 448 g/mol. The van der Waals surface area contributed by atoms with Crippen molar-refractivity contribution in [1.29, 1.82) is 0 Å². The molecule has 0 bridgehead atoms. The minimum Gasteiger partial charge on any atom is -0.480 e. The molecule has 0 atom stereocenters. The van der Waals surface area contributed by atoms with Gasteiger partial charge in [-0.15, -0.1) is 24.8 Å². The number of benzene rings is 1. The molecule has 3 N–H and O–H groups in total. The average Bonchev–Trinajstić information content (AvgIpc) is 2.72. The highest BCUT2D eigenvalue weighted by Gasteiger charge is 2.27. The fourth-order valence-electron chi connectivity index (χ4n) is 3.78. The van der Waals surface area contributed by atoms with E-state index >= 15 is 0 Å². The van der Waals surface area contributed by atoms with Gasteiger partial charge in [0, 0.05) is 37.9 Å². The number of halogens is 2. The fraction of sp³-hybridized carbons (Fsp3) is 0.579. The zero-order chi connectivity index (χ0) is 19.1. The number of carboxylic acids is 1. The summed E-state index contributed by atoms with van der Waals surface area (Å²) in [6.45, 7) is 5.37. The highest BCUT2D eigenvalue weighted by atomic mass is 35.5. The van der Waals surface area contributed by atoms with Gasteiger partial charge in [-0.3, -0.25) is 9.69 Å². The first-order chi connectivity index (χ1) is 13.1. The summed E-state index contributed by atoms with van der Waals surface area (Å²) in [7, 11) is 0. The topological polar surface area (TPSA) is 88.1 Å². The highest BCUT2D eigenvalue weighted by Crippen LogP contribution is 2.15. The number of urea groups is 1. The first kappa shape index (κ1) is 25.3. The van der Waals surface area contributed by atoms with Crippen LogP contribution in [-0.4, -0.2) is 85.4 Å². The summed E-state index contributed by atoms with van der Waals surface area (Å²) < 4.78 is 0. The normalized spacial score (nSPS) is 17.6. The third kappa shape index (κ3) is 7.54. The van der Waals surface area contributed by atoms with Crippen LogP contribution >= 0.6 is 24.8 Å². The number of para-hydroxylation sites is 1. The van der Waals surface area contributed by atoms with Crippen LogP contribution in [0.5, 0.6) is 0 Å². The lowest BCUT2D eigenvalue weighted by atomic mass is 10.0. The zero-order valence-corrected chi connectivity index (χ0v) is 18.1. The van der Waals surface area contributed by atoms with Gasteiger partial charge in [0.05, 0.1) is 6.67 Å². The number of aliphatic carboxylic acids is 1. The number of hydrogen-bond acceptors (Lipinski definition) is 5. The second kappa shape index (κ2) is 12.7. The van der Waals surface area contributed by atoms with Gasteiger partial charge < -0.3 is 25.5 Å². The lowest BCUT2D eigenvalue weighted by Crippen LogP contribution is -2.56. The van der Waals surface area contributed by atoms with Gasteiger partial charge in [-0.05, 0) is 38.1 Å². The number of amides is 2. The largest absolute Gasteiger partial charge is 0.480 e. The molecule has 3 rings (SSSR count). The van der Waals surface area contributed by atoms with Crippen LogP contribution in [0.1, 0.15) is 12.8 Å². The van der Waals surface area contributed by atoms with Crippen molar-refractivity contribution in [2.75, 3.05) is 57.4 Å². The maximum atomic E-state index is 12.5. The van der Waals surface area contributed by atoms with Crippen LogP contribution in [0, 0.1) is 0 Å². The van der Waals surface area contributed by atoms with Crippen LogP contribution in [0.2, 0.25) is 0 Å². The third-order valence-corrected chi connectivity index (χ3v) is 5.30. The van der Waals surface area contributed by atoms with Gasteiger partial charge in [0.15, 0.2) is 0 Å². The van der Waals surface area contributed by atoms with Gasteiger partial charge in [-0.1, -0.05) is 18.2 Å². The van der Waals surface area contributed by atoms with Crippen molar-refractivity contribution in [3.8, 4) is 0 Å². The van der Waals surface area contributed by atoms with E-state index in [4.69, 9.17) is 5.11 Å². The molecule has 2 aliphatic heterocycles. The van der Waals surface area contributed by atoms with Crippen molar-refractivity contribution in [1.82, 2.24) is 20.4 Å². The Balaban J connectivity index is 0.00000210. The molecule has 2 fully saturated rings. The Bertz CT molecular complexity index is 624. The zero-order valence-electron chi connectivity index (χ0n) is 16.5. The van der Waals surface area contributed by atoms with Gasteiger partial charge in [-0.25, -0.2) is 4.79 Å². The molecular formula is C19H31Cl2N5O3. The Morgan fingerprint density at radius 2 is 1.69 bits per heavy atom. The van der Waals surface area contributed by atoms with Crippen molar-refractivity contribution >= 4 is 42.5 Å². The summed E-state index contributed by atoms with van der Waals surface area (Å²) in [5.74, 6) is -0.927. The molecule has 1 aromatic rings. The molecule has 0 saturated carbocycles. The Morgan fingerprint density at radius 1 is 1.07 bits per heavy atom. The van der Waals surface area contributed by atoms with E-state index in [0.717, 1.165) is 31.9 Å². The quantitative estimate of drug-likeness (QED) is 0.572. The van der Waals surface area contributed by atoms with Crippen LogP contribution < -0.4 is 15.5 Å². The van der Waals surface area contributed by atoms with E-state index in [1.807, 2.05) is 35.2 Å². The molecule has 0 aliphatic carbocycles. The molecular weight excluding hydrogens is 417 g/mol. The number of hydrogen-bond donors (Lipinski definition) is 3. The second-order valence-corrected chi connectivity index (χ2v) is 7.07. The molecule has 0 aromatic heterocycles. The Kier molecular flexibility index (Phi) is 11.1. The predicted octanol–water partition coefficient (Wildman–Crippen LogP) is 1.46. The SMILES string of the molecule is Cl.Cl.O=C(O)CN(CNC(=O)N1CCN(C2CCNCC2)CC1)c1ccccc1. The minimum absolute atomic E-state index is 0. The number of nitrogens with one attached hydrogen (secondary N) is 2. The lowest BCUT2D eigenvalue weighted by Gasteiger charge is -2.41. The molecule has 2 amide bonds. The Hall–Kier alpha value is -1.74. The Morgan fingerprint density at radius 3 is 2.28 bits per heavy atom. The standard InChI is InChI=1S/C19H29N5O3.2ClH/c25-18(26)14-24(16-4-2-1-3-5-16)15-21-19(27)23-12-10-22(11-13-23)17-6-8-20-9-7-17;;/h1-5,17,20H,6-15H2,(H,21,27)(H,25,26);2*1H. The van der Waals surface area contributed by atoms with E-state index in [9.17, 15) is 9.59 Å². The molecule has 164 valence electrons. The number of carbonyl (C=O) groups is 2. The van der Waals surface area contributed by atoms with Gasteiger partial charge in [0.2, 0.25) is 0 Å². The van der Waals surface area contributed by atoms with E-state index < -0.39 is 5.97 Å². The molecule has 2 heterocycles. The van der Waals surface area contributed by atoms with Crippen LogP contribution in [0.3, 0.4) is 0 Å². The number of rotatable bonds is 6. The highest BCUT2D eigenvalue weighted by molar-refractivity contribution is 5.85. The van der Waals surface area contributed by atoms with Crippen LogP contribution in [-0.2, 0) is 4.79 Å². The van der Waals surface area contributed by atoms with E-state index in [1.165, 1.54) is 12.8 Å². The van der Waals surface area contributed by atoms with Gasteiger partial charge in [0.1, 0.15) is 6.54 Å². The maximum Gasteiger partial charge on any atom is 0.323 e. The van der Waals surface area contributed by atoms with E-state index in [-0.39, 0.29) is 44.1 Å². The number of nitrogens with zero attached hydrogens (tertiary/aromatic N) is 3. The molecule has 0 spiro atoms. The number of piperidine rings is 1. The first-order valence-corrected chi connectivity index (χ1v) is 9.63. The maximum absolute atomic E-state index is 12.5. The van der Waals surface area contributed by atoms with Crippen molar-refractivity contribution in [3.63, 3.8) is 0 Å². The molecule has 0 unspecified atom stereocenters. The summed E-state index contributed by atoms with van der Waals surface area (Å²) in [6, 6.07) is 9.76. The van der Waals surface area contributed by atoms with Crippen molar-refractivity contribution in [2.45, 2.75) is 18.9 Å². The van der Waals surface area contributed by atoms with Crippen molar-refractivity contribution in [2.24, 2.45) is 0 Å². The lowest BCUT2D eigenvalue weighted by molar-refractivity contribution is -0.135. The number of anilines is 1. The number of carbonyl (C=O) groups excluding carboxylic acids is 1. The molecule has 1 aromatic carbocycles. The van der Waals surface area contributed by atoms with Crippen molar-refractivity contribution in [3.05, 3.63) is 30.3 Å². The summed E-state index contributed by atoms with van der Waals surface area (Å²) >= 11 is 0. The van der Waals surface area contributed by atoms with E-state index in [2.05, 4.69) is 15.5 Å². The van der Waals surface area contributed by atoms with E-state index in [1.54, 1.807) is 4.90 Å². The number of piperazine rings is 1. The molecule has 0 radical (unpaired) electrons.